The fourth-order valence-electron chi connectivity index (χ4n) is 9.31. The molecule has 0 aromatic rings. The number of likely N-dealkylation sites (tertiary alicyclic amines) is 1. The number of unbranched alkanes of at least 4 members (excludes halogenated alkanes) is 3. The Morgan fingerprint density at radius 2 is 1.24 bits per heavy atom. The topological polar surface area (TPSA) is 314 Å². The summed E-state index contributed by atoms with van der Waals surface area (Å²) in [6.07, 6.45) is 5.59. The lowest BCUT2D eigenvalue weighted by Crippen LogP contribution is -2.66. The van der Waals surface area contributed by atoms with Gasteiger partial charge in [-0.3, -0.25) is 47.9 Å². The van der Waals surface area contributed by atoms with Crippen LogP contribution in [0.15, 0.2) is 0 Å². The maximum absolute atomic E-state index is 14.1. The second-order valence-electron chi connectivity index (χ2n) is 24.3. The molecular weight excluding hydrogens is 1020 g/mol. The second-order valence-corrected chi connectivity index (χ2v) is 24.3. The zero-order chi connectivity index (χ0) is 60.7. The Labute approximate surface area is 471 Å². The van der Waals surface area contributed by atoms with E-state index < -0.39 is 112 Å². The van der Waals surface area contributed by atoms with Crippen LogP contribution in [-0.4, -0.2) is 171 Å². The number of carbonyl (C=O) groups is 10. The van der Waals surface area contributed by atoms with E-state index >= 15 is 0 Å². The highest BCUT2D eigenvalue weighted by molar-refractivity contribution is 6.00. The zero-order valence-corrected chi connectivity index (χ0v) is 51.0. The quantitative estimate of drug-likeness (QED) is 0.0404. The molecule has 0 aliphatic carbocycles. The van der Waals surface area contributed by atoms with Gasteiger partial charge >= 0.3 is 0 Å². The largest absolute Gasteiger partial charge is 0.395 e. The van der Waals surface area contributed by atoms with Crippen molar-refractivity contribution in [2.75, 3.05) is 33.3 Å². The van der Waals surface area contributed by atoms with E-state index in [2.05, 4.69) is 49.5 Å². The molecule has 22 heteroatoms. The molecule has 0 aromatic heterocycles. The van der Waals surface area contributed by atoms with Crippen LogP contribution in [0.25, 0.3) is 0 Å². The van der Waals surface area contributed by atoms with Gasteiger partial charge in [0.1, 0.15) is 52.6 Å². The Morgan fingerprint density at radius 3 is 1.81 bits per heavy atom. The zero-order valence-electron chi connectivity index (χ0n) is 51.0. The van der Waals surface area contributed by atoms with Gasteiger partial charge in [-0.2, -0.15) is 0 Å². The van der Waals surface area contributed by atoms with E-state index in [1.807, 2.05) is 18.7 Å². The number of aliphatic hydroxyl groups is 2. The standard InChI is InChI=1S/C57H104N10O12/c1-18-21-22-23-25-37(8)51(76)67-27-24-26-43(67)48(73)60-42(31-35(6)30-41(70)32-40(69)20-3)47(72)59-39(10)46(71)63-55(11,12)53(78)62-44(34(4)5)49(74)61-45(36(7)19-2)50(75)64-57(15,16)54(79)65-56(13,14)52(77)58-38(9)33-66(17)28-29-68/h34-39,41-45,68,70H,18-33H2,1-17H3,(H,58,77)(H,59,72)(H,60,73)(H,61,74)(H,62,78)(H,63,71)(H,64,75)(H,65,79)/t35-,36+,37+,38+,39-,41+,42+,43+,44+,45+/m1/s1. The van der Waals surface area contributed by atoms with E-state index in [1.54, 1.807) is 53.5 Å². The minimum atomic E-state index is -1.67. The average molecular weight is 1120 g/mol. The van der Waals surface area contributed by atoms with Crippen molar-refractivity contribution in [2.45, 2.75) is 247 Å². The number of Topliss-reactive ketones (excluding diaryl/α,β-unsaturated/α-hetero) is 1. The van der Waals surface area contributed by atoms with E-state index in [1.165, 1.54) is 48.5 Å². The van der Waals surface area contributed by atoms with Crippen molar-refractivity contribution in [3.8, 4) is 0 Å². The Kier molecular flexibility index (Phi) is 30.5. The van der Waals surface area contributed by atoms with Gasteiger partial charge in [0.15, 0.2) is 0 Å². The number of likely N-dealkylation sites (N-methyl/N-ethyl adjacent to an activating group) is 1. The molecule has 1 aliphatic heterocycles. The molecule has 0 spiro atoms. The van der Waals surface area contributed by atoms with Gasteiger partial charge in [-0.25, -0.2) is 0 Å². The molecule has 9 amide bonds. The van der Waals surface area contributed by atoms with Crippen molar-refractivity contribution in [3.63, 3.8) is 0 Å². The van der Waals surface area contributed by atoms with Crippen LogP contribution < -0.4 is 42.5 Å². The third kappa shape index (κ3) is 24.2. The normalized spacial score (nSPS) is 17.4. The maximum Gasteiger partial charge on any atom is 0.246 e. The first-order valence-electron chi connectivity index (χ1n) is 28.9. The van der Waals surface area contributed by atoms with Crippen molar-refractivity contribution < 1.29 is 58.2 Å². The molecule has 10 N–H and O–H groups in total. The second kappa shape index (κ2) is 33.5. The minimum absolute atomic E-state index is 0.0293. The fourth-order valence-corrected chi connectivity index (χ4v) is 9.31. The molecule has 1 fully saturated rings. The number of hydrogen-bond acceptors (Lipinski definition) is 13. The number of nitrogens with zero attached hydrogens (tertiary/aromatic N) is 2. The van der Waals surface area contributed by atoms with E-state index in [-0.39, 0.29) is 61.9 Å². The molecule has 1 rings (SSSR count). The lowest BCUT2D eigenvalue weighted by molar-refractivity contribution is -0.142. The summed E-state index contributed by atoms with van der Waals surface area (Å²) < 4.78 is 0. The van der Waals surface area contributed by atoms with Crippen LogP contribution in [0.4, 0.5) is 0 Å². The van der Waals surface area contributed by atoms with Gasteiger partial charge < -0.3 is 62.5 Å². The van der Waals surface area contributed by atoms with Gasteiger partial charge in [0.2, 0.25) is 53.2 Å². The van der Waals surface area contributed by atoms with Gasteiger partial charge in [-0.15, -0.1) is 0 Å². The molecule has 22 nitrogen and oxygen atoms in total. The lowest BCUT2D eigenvalue weighted by Gasteiger charge is -2.35. The molecule has 1 heterocycles. The Bertz CT molecular complexity index is 2050. The average Bonchev–Trinajstić information content (AvgIpc) is 3.85. The predicted octanol–water partition coefficient (Wildman–Crippen LogP) is 2.50. The number of aliphatic hydroxyl groups excluding tert-OH is 2. The van der Waals surface area contributed by atoms with Gasteiger partial charge in [-0.05, 0) is 112 Å². The van der Waals surface area contributed by atoms with Crippen LogP contribution >= 0.6 is 0 Å². The molecule has 10 atom stereocenters. The molecule has 1 saturated heterocycles. The first-order chi connectivity index (χ1) is 36.6. The van der Waals surface area contributed by atoms with E-state index in [4.69, 9.17) is 0 Å². The molecule has 454 valence electrons. The third-order valence-electron chi connectivity index (χ3n) is 14.8. The van der Waals surface area contributed by atoms with E-state index in [0.29, 0.717) is 45.3 Å². The first-order valence-corrected chi connectivity index (χ1v) is 28.9. The van der Waals surface area contributed by atoms with Gasteiger partial charge in [0.25, 0.3) is 0 Å². The maximum atomic E-state index is 14.1. The van der Waals surface area contributed by atoms with Crippen molar-refractivity contribution in [3.05, 3.63) is 0 Å². The first kappa shape index (κ1) is 71.8. The monoisotopic (exact) mass is 1120 g/mol. The molecule has 0 unspecified atom stereocenters. The van der Waals surface area contributed by atoms with Crippen LogP contribution in [0.2, 0.25) is 0 Å². The van der Waals surface area contributed by atoms with Crippen LogP contribution in [0.1, 0.15) is 188 Å². The van der Waals surface area contributed by atoms with Crippen molar-refractivity contribution in [1.29, 1.82) is 0 Å². The van der Waals surface area contributed by atoms with Crippen molar-refractivity contribution in [1.82, 2.24) is 52.3 Å². The van der Waals surface area contributed by atoms with E-state index in [0.717, 1.165) is 25.7 Å². The van der Waals surface area contributed by atoms with Crippen molar-refractivity contribution in [2.24, 2.45) is 23.7 Å². The summed E-state index contributed by atoms with van der Waals surface area (Å²) in [5.74, 6) is -7.20. The highest BCUT2D eigenvalue weighted by Crippen LogP contribution is 2.24. The Morgan fingerprint density at radius 1 is 0.658 bits per heavy atom. The highest BCUT2D eigenvalue weighted by atomic mass is 16.3. The predicted molar refractivity (Wildman–Crippen MR) is 304 cm³/mol. The fraction of sp³-hybridized carbons (Fsp3) is 0.825. The summed E-state index contributed by atoms with van der Waals surface area (Å²) in [6.45, 7) is 27.6. The minimum Gasteiger partial charge on any atom is -0.395 e. The van der Waals surface area contributed by atoms with Crippen molar-refractivity contribution >= 4 is 58.9 Å². The lowest BCUT2D eigenvalue weighted by atomic mass is 9.92. The summed E-state index contributed by atoms with van der Waals surface area (Å²) in [6, 6.07) is -5.98. The molecule has 1 aliphatic rings. The molecule has 0 saturated carbocycles. The SMILES string of the molecule is CCCCCC[C@H](C)C(=O)N1CCC[C@H]1C(=O)N[C@@H](C[C@H](C)C[C@H](O)CC(=O)CC)C(=O)N[C@H](C)C(=O)NC(C)(C)C(=O)N[C@H](C(=O)N[C@H](C(=O)NC(C)(C)C(=O)NC(C)(C)C(=O)N[C@@H](C)CN(C)CCO)[C@@H](C)CC)C(C)C. The molecule has 0 bridgehead atoms. The Hall–Kier alpha value is -5.22. The van der Waals surface area contributed by atoms with Crippen LogP contribution in [-0.2, 0) is 47.9 Å². The van der Waals surface area contributed by atoms with Gasteiger partial charge in [-0.1, -0.05) is 87.5 Å². The highest BCUT2D eigenvalue weighted by Gasteiger charge is 2.42. The number of nitrogens with one attached hydrogen (secondary N) is 8. The van der Waals surface area contributed by atoms with Crippen LogP contribution in [0.3, 0.4) is 0 Å². The smallest absolute Gasteiger partial charge is 0.246 e. The van der Waals surface area contributed by atoms with Gasteiger partial charge in [0.05, 0.1) is 12.7 Å². The number of ketones is 1. The van der Waals surface area contributed by atoms with Crippen LogP contribution in [0, 0.1) is 23.7 Å². The molecule has 79 heavy (non-hydrogen) atoms. The molecular formula is C57H104N10O12. The van der Waals surface area contributed by atoms with Gasteiger partial charge in [0, 0.05) is 44.4 Å². The number of rotatable bonds is 36. The molecule has 0 radical (unpaired) electrons. The summed E-state index contributed by atoms with van der Waals surface area (Å²) in [5, 5.41) is 41.8. The Balaban J connectivity index is 3.23. The number of hydrogen-bond donors (Lipinski definition) is 10. The third-order valence-corrected chi connectivity index (χ3v) is 14.8. The van der Waals surface area contributed by atoms with Crippen LogP contribution in [0.5, 0.6) is 0 Å². The van der Waals surface area contributed by atoms with E-state index in [9.17, 15) is 58.2 Å². The summed E-state index contributed by atoms with van der Waals surface area (Å²) >= 11 is 0. The molecule has 0 aromatic carbocycles. The summed E-state index contributed by atoms with van der Waals surface area (Å²) in [7, 11) is 1.80. The number of amides is 9. The number of carbonyl (C=O) groups excluding carboxylic acids is 10. The summed E-state index contributed by atoms with van der Waals surface area (Å²) in [5.41, 5.74) is -4.64. The summed E-state index contributed by atoms with van der Waals surface area (Å²) in [4.78, 5) is 140.